The van der Waals surface area contributed by atoms with E-state index in [2.05, 4.69) is 22.9 Å². The van der Waals surface area contributed by atoms with Crippen LogP contribution in [0.4, 0.5) is 0 Å². The molecule has 0 aliphatic carbocycles. The van der Waals surface area contributed by atoms with Crippen molar-refractivity contribution in [1.82, 2.24) is 4.90 Å². The summed E-state index contributed by atoms with van der Waals surface area (Å²) in [6.07, 6.45) is 3.66. The number of nitrogens with zero attached hydrogens (tertiary/aromatic N) is 3. The van der Waals surface area contributed by atoms with E-state index in [4.69, 9.17) is 4.99 Å². The molecule has 3 N–H and O–H groups in total. The highest BCUT2D eigenvalue weighted by Gasteiger charge is 2.50. The number of likely N-dealkylation sites (N-methyl/N-ethyl adjacent to an activating group) is 1. The number of aliphatic imine (C=N–C) groups is 2. The number of aromatic hydroxyl groups is 1. The van der Waals surface area contributed by atoms with Gasteiger partial charge in [0.25, 0.3) is 0 Å². The van der Waals surface area contributed by atoms with Gasteiger partial charge in [0.15, 0.2) is 5.54 Å². The van der Waals surface area contributed by atoms with Gasteiger partial charge in [-0.25, -0.2) is 4.79 Å². The van der Waals surface area contributed by atoms with E-state index in [1.807, 2.05) is 38.7 Å². The van der Waals surface area contributed by atoms with Crippen LogP contribution < -0.4 is 0 Å². The minimum atomic E-state index is -1.14. The first-order valence-corrected chi connectivity index (χ1v) is 16.0. The summed E-state index contributed by atoms with van der Waals surface area (Å²) in [5.74, 6) is 1.36. The Bertz CT molecular complexity index is 1080. The third kappa shape index (κ3) is 5.73. The number of thioether (sulfide) groups is 3. The number of unbranched alkanes of at least 4 members (excludes halogenated alkanes) is 2. The summed E-state index contributed by atoms with van der Waals surface area (Å²) in [6.45, 7) is 7.75. The van der Waals surface area contributed by atoms with Gasteiger partial charge in [-0.15, -0.1) is 35.3 Å². The number of carbonyl (C=O) groups is 1. The van der Waals surface area contributed by atoms with Gasteiger partial charge in [-0.2, -0.15) is 0 Å². The van der Waals surface area contributed by atoms with Crippen LogP contribution in [0.1, 0.15) is 58.1 Å². The maximum absolute atomic E-state index is 11.7. The second-order valence-corrected chi connectivity index (χ2v) is 14.1. The van der Waals surface area contributed by atoms with Crippen molar-refractivity contribution in [3.05, 3.63) is 29.3 Å². The number of aliphatic hydroxyl groups is 1. The lowest BCUT2D eigenvalue weighted by molar-refractivity contribution is -0.141. The summed E-state index contributed by atoms with van der Waals surface area (Å²) in [7, 11) is 2.05. The van der Waals surface area contributed by atoms with E-state index < -0.39 is 23.0 Å². The summed E-state index contributed by atoms with van der Waals surface area (Å²) < 4.78 is 0. The Balaban J connectivity index is 1.48. The van der Waals surface area contributed by atoms with Crippen molar-refractivity contribution in [3.8, 4) is 5.75 Å². The zero-order valence-electron chi connectivity index (χ0n) is 22.3. The average Bonchev–Trinajstić information content (AvgIpc) is 3.58. The van der Waals surface area contributed by atoms with E-state index in [-0.39, 0.29) is 17.5 Å². The molecule has 37 heavy (non-hydrogen) atoms. The quantitative estimate of drug-likeness (QED) is 0.350. The molecule has 0 radical (unpaired) electrons. The largest absolute Gasteiger partial charge is 0.507 e. The fourth-order valence-corrected chi connectivity index (χ4v) is 9.39. The fraction of sp³-hybridized carbons (Fsp3) is 0.667. The molecule has 0 bridgehead atoms. The lowest BCUT2D eigenvalue weighted by atomic mass is 9.83. The van der Waals surface area contributed by atoms with Crippen LogP contribution in [-0.4, -0.2) is 89.7 Å². The van der Waals surface area contributed by atoms with Gasteiger partial charge in [-0.1, -0.05) is 45.7 Å². The molecule has 10 heteroatoms. The lowest BCUT2D eigenvalue weighted by Gasteiger charge is -2.38. The summed E-state index contributed by atoms with van der Waals surface area (Å²) >= 11 is 4.96. The molecule has 7 nitrogen and oxygen atoms in total. The fourth-order valence-electron chi connectivity index (χ4n) is 5.14. The number of carboxylic acid groups (broad SMARTS) is 1. The number of hydrogen-bond donors (Lipinski definition) is 3. The van der Waals surface area contributed by atoms with Crippen molar-refractivity contribution >= 4 is 51.3 Å². The normalized spacial score (nSPS) is 29.4. The molecule has 0 unspecified atom stereocenters. The number of aryl methyl sites for hydroxylation is 1. The van der Waals surface area contributed by atoms with Gasteiger partial charge in [0.1, 0.15) is 10.8 Å². The predicted molar refractivity (Wildman–Crippen MR) is 158 cm³/mol. The molecule has 1 fully saturated rings. The van der Waals surface area contributed by atoms with E-state index >= 15 is 0 Å². The number of aliphatic hydroxyl groups excluding tert-OH is 1. The van der Waals surface area contributed by atoms with Gasteiger partial charge in [-0.05, 0) is 38.4 Å². The van der Waals surface area contributed by atoms with E-state index in [1.54, 1.807) is 24.8 Å². The first-order chi connectivity index (χ1) is 17.5. The van der Waals surface area contributed by atoms with Gasteiger partial charge < -0.3 is 15.3 Å². The molecule has 3 heterocycles. The Labute approximate surface area is 233 Å². The molecule has 0 amide bonds. The van der Waals surface area contributed by atoms with Gasteiger partial charge in [-0.3, -0.25) is 14.9 Å². The second-order valence-electron chi connectivity index (χ2n) is 11.0. The second kappa shape index (κ2) is 11.5. The number of phenols is 1. The van der Waals surface area contributed by atoms with Crippen LogP contribution in [0.15, 0.2) is 28.2 Å². The Morgan fingerprint density at radius 3 is 2.70 bits per heavy atom. The standard InChI is InChI=1S/C27H39N3O4S3/c1-6-7-8-10-16-11-9-12-19(31)20(16)22-28-17(13-35-22)23-30(5)18(14-36-23)21(32)26(2,3)24-29-27(4,15-37-24)25(33)34/h9,11-12,17-18,21,23,31-32H,6-8,10,13-15H2,1-5H3,(H,33,34)/t17-,18+,21+,23-,27+/m1/s1. The molecule has 4 rings (SSSR count). The van der Waals surface area contributed by atoms with Crippen molar-refractivity contribution in [2.75, 3.05) is 24.3 Å². The highest BCUT2D eigenvalue weighted by molar-refractivity contribution is 8.15. The maximum atomic E-state index is 11.7. The molecule has 0 saturated carbocycles. The number of phenolic OH excluding ortho intramolecular Hbond substituents is 1. The van der Waals surface area contributed by atoms with Crippen molar-refractivity contribution in [2.45, 2.75) is 82.5 Å². The molecule has 1 aromatic carbocycles. The molecule has 0 aromatic heterocycles. The van der Waals surface area contributed by atoms with E-state index in [0.717, 1.165) is 46.9 Å². The van der Waals surface area contributed by atoms with Gasteiger partial charge in [0, 0.05) is 28.7 Å². The Kier molecular flexibility index (Phi) is 8.95. The van der Waals surface area contributed by atoms with Crippen LogP contribution in [0.3, 0.4) is 0 Å². The maximum Gasteiger partial charge on any atom is 0.332 e. The van der Waals surface area contributed by atoms with Gasteiger partial charge >= 0.3 is 5.97 Å². The highest BCUT2D eigenvalue weighted by Crippen LogP contribution is 2.44. The van der Waals surface area contributed by atoms with Crippen LogP contribution >= 0.6 is 35.3 Å². The number of rotatable bonds is 10. The molecule has 5 atom stereocenters. The minimum absolute atomic E-state index is 0.0620. The first kappa shape index (κ1) is 28.8. The lowest BCUT2D eigenvalue weighted by Crippen LogP contribution is -2.51. The Morgan fingerprint density at radius 1 is 1.27 bits per heavy atom. The zero-order valence-corrected chi connectivity index (χ0v) is 24.8. The predicted octanol–water partition coefficient (Wildman–Crippen LogP) is 4.74. The average molecular weight is 566 g/mol. The van der Waals surface area contributed by atoms with Crippen molar-refractivity contribution in [2.24, 2.45) is 15.4 Å². The number of hydrogen-bond acceptors (Lipinski definition) is 9. The monoisotopic (exact) mass is 565 g/mol. The van der Waals surface area contributed by atoms with Crippen LogP contribution in [-0.2, 0) is 11.2 Å². The van der Waals surface area contributed by atoms with Gasteiger partial charge in [0.05, 0.1) is 28.1 Å². The summed E-state index contributed by atoms with van der Waals surface area (Å²) in [5, 5.41) is 33.5. The van der Waals surface area contributed by atoms with E-state index in [1.165, 1.54) is 18.2 Å². The summed E-state index contributed by atoms with van der Waals surface area (Å²) in [5.41, 5.74) is 0.243. The third-order valence-electron chi connectivity index (χ3n) is 7.71. The summed E-state index contributed by atoms with van der Waals surface area (Å²) in [6, 6.07) is 5.73. The van der Waals surface area contributed by atoms with Crippen molar-refractivity contribution in [3.63, 3.8) is 0 Å². The highest BCUT2D eigenvalue weighted by atomic mass is 32.2. The first-order valence-electron chi connectivity index (χ1n) is 13.0. The molecule has 0 spiro atoms. The molecule has 1 saturated heterocycles. The number of carboxylic acids is 1. The van der Waals surface area contributed by atoms with Crippen molar-refractivity contribution < 1.29 is 20.1 Å². The van der Waals surface area contributed by atoms with Crippen LogP contribution in [0.25, 0.3) is 0 Å². The molecular weight excluding hydrogens is 527 g/mol. The Morgan fingerprint density at radius 2 is 2.03 bits per heavy atom. The molecule has 3 aliphatic rings. The SMILES string of the molecule is CCCCCc1cccc(O)c1C1=N[C@@H]([C@H]2SC[C@@H]([C@H](O)C(C)(C)C3=N[C@](C)(C(=O)O)CS3)N2C)CS1. The smallest absolute Gasteiger partial charge is 0.332 e. The van der Waals surface area contributed by atoms with Crippen LogP contribution in [0, 0.1) is 5.41 Å². The third-order valence-corrected chi connectivity index (χ3v) is 11.9. The minimum Gasteiger partial charge on any atom is -0.507 e. The topological polar surface area (TPSA) is 106 Å². The zero-order chi connectivity index (χ0) is 27.0. The Hall–Kier alpha value is -1.20. The molecular formula is C27H39N3O4S3. The van der Waals surface area contributed by atoms with E-state index in [0.29, 0.717) is 16.5 Å². The summed E-state index contributed by atoms with van der Waals surface area (Å²) in [4.78, 5) is 23.5. The molecule has 3 aliphatic heterocycles. The van der Waals surface area contributed by atoms with E-state index in [9.17, 15) is 20.1 Å². The van der Waals surface area contributed by atoms with Crippen LogP contribution in [0.5, 0.6) is 5.75 Å². The van der Waals surface area contributed by atoms with Gasteiger partial charge in [0.2, 0.25) is 0 Å². The molecule has 204 valence electrons. The number of aliphatic carboxylic acids is 1. The number of benzene rings is 1. The van der Waals surface area contributed by atoms with Crippen LogP contribution in [0.2, 0.25) is 0 Å². The van der Waals surface area contributed by atoms with Crippen molar-refractivity contribution in [1.29, 1.82) is 0 Å². The molecule has 1 aromatic rings.